The molecule has 1 unspecified atom stereocenters. The second-order valence-corrected chi connectivity index (χ2v) is 5.61. The van der Waals surface area contributed by atoms with E-state index in [1.54, 1.807) is 0 Å². The highest BCUT2D eigenvalue weighted by Crippen LogP contribution is 2.31. The third kappa shape index (κ3) is 2.73. The first-order valence-electron chi connectivity index (χ1n) is 7.03. The Bertz CT molecular complexity index is 564. The zero-order valence-corrected chi connectivity index (χ0v) is 12.1. The monoisotopic (exact) mass is 290 g/mol. The Balaban J connectivity index is 1.81. The number of hydrogen-bond acceptors (Lipinski definition) is 3. The van der Waals surface area contributed by atoms with Crippen molar-refractivity contribution in [1.82, 2.24) is 14.9 Å². The van der Waals surface area contributed by atoms with Crippen LogP contribution >= 0.6 is 11.6 Å². The highest BCUT2D eigenvalue weighted by atomic mass is 35.5. The van der Waals surface area contributed by atoms with Gasteiger partial charge in [0.05, 0.1) is 17.9 Å². The molecule has 3 rings (SSSR count). The SMILES string of the molecule is NCCN1CCCC1c1ncc(-c2ccc(Cl)cc2)[nH]1. The van der Waals surface area contributed by atoms with Crippen molar-refractivity contribution in [2.45, 2.75) is 18.9 Å². The zero-order chi connectivity index (χ0) is 13.9. The van der Waals surface area contributed by atoms with E-state index in [-0.39, 0.29) is 0 Å². The van der Waals surface area contributed by atoms with E-state index in [4.69, 9.17) is 17.3 Å². The van der Waals surface area contributed by atoms with Crippen LogP contribution in [0, 0.1) is 0 Å². The Kier molecular flexibility index (Phi) is 4.05. The predicted octanol–water partition coefficient (Wildman–Crippen LogP) is 2.83. The smallest absolute Gasteiger partial charge is 0.123 e. The molecule has 0 bridgehead atoms. The molecule has 4 nitrogen and oxygen atoms in total. The van der Waals surface area contributed by atoms with Crippen molar-refractivity contribution < 1.29 is 0 Å². The van der Waals surface area contributed by atoms with Crippen LogP contribution in [0.1, 0.15) is 24.7 Å². The molecule has 2 heterocycles. The molecule has 2 aromatic rings. The molecule has 1 aliphatic rings. The summed E-state index contributed by atoms with van der Waals surface area (Å²) in [5.74, 6) is 1.04. The molecule has 106 valence electrons. The molecule has 0 saturated carbocycles. The predicted molar refractivity (Wildman–Crippen MR) is 81.6 cm³/mol. The highest BCUT2D eigenvalue weighted by Gasteiger charge is 2.27. The number of hydrogen-bond donors (Lipinski definition) is 2. The molecule has 1 aromatic heterocycles. The van der Waals surface area contributed by atoms with E-state index in [0.717, 1.165) is 41.6 Å². The van der Waals surface area contributed by atoms with Gasteiger partial charge in [-0.05, 0) is 37.1 Å². The number of nitrogens with zero attached hydrogens (tertiary/aromatic N) is 2. The number of nitrogens with two attached hydrogens (primary N) is 1. The lowest BCUT2D eigenvalue weighted by Crippen LogP contribution is -2.29. The molecule has 3 N–H and O–H groups in total. The summed E-state index contributed by atoms with van der Waals surface area (Å²) in [5.41, 5.74) is 7.82. The number of nitrogens with one attached hydrogen (secondary N) is 1. The lowest BCUT2D eigenvalue weighted by atomic mass is 10.2. The molecule has 0 spiro atoms. The molecule has 0 aliphatic carbocycles. The number of imidazole rings is 1. The maximum absolute atomic E-state index is 5.92. The van der Waals surface area contributed by atoms with Crippen molar-refractivity contribution >= 4 is 11.6 Å². The van der Waals surface area contributed by atoms with Crippen LogP contribution in [-0.4, -0.2) is 34.5 Å². The summed E-state index contributed by atoms with van der Waals surface area (Å²) in [5, 5.41) is 0.749. The van der Waals surface area contributed by atoms with Crippen molar-refractivity contribution in [3.05, 3.63) is 41.3 Å². The topological polar surface area (TPSA) is 57.9 Å². The van der Waals surface area contributed by atoms with E-state index in [0.29, 0.717) is 12.6 Å². The summed E-state index contributed by atoms with van der Waals surface area (Å²) >= 11 is 5.92. The van der Waals surface area contributed by atoms with Gasteiger partial charge < -0.3 is 10.7 Å². The molecule has 1 fully saturated rings. The number of aromatic amines is 1. The van der Waals surface area contributed by atoms with Crippen LogP contribution in [0.15, 0.2) is 30.5 Å². The Morgan fingerprint density at radius 1 is 1.35 bits per heavy atom. The number of likely N-dealkylation sites (tertiary alicyclic amines) is 1. The van der Waals surface area contributed by atoms with Crippen LogP contribution in [0.4, 0.5) is 0 Å². The maximum Gasteiger partial charge on any atom is 0.123 e. The van der Waals surface area contributed by atoms with Crippen LogP contribution in [0.2, 0.25) is 5.02 Å². The van der Waals surface area contributed by atoms with Crippen molar-refractivity contribution in [2.75, 3.05) is 19.6 Å². The van der Waals surface area contributed by atoms with Crippen LogP contribution in [0.3, 0.4) is 0 Å². The van der Waals surface area contributed by atoms with Gasteiger partial charge in [0.2, 0.25) is 0 Å². The van der Waals surface area contributed by atoms with Gasteiger partial charge >= 0.3 is 0 Å². The summed E-state index contributed by atoms with van der Waals surface area (Å²) in [6, 6.07) is 8.18. The van der Waals surface area contributed by atoms with Gasteiger partial charge in [0.25, 0.3) is 0 Å². The molecular weight excluding hydrogens is 272 g/mol. The Hall–Kier alpha value is -1.36. The van der Waals surface area contributed by atoms with Crippen molar-refractivity contribution in [1.29, 1.82) is 0 Å². The van der Waals surface area contributed by atoms with Gasteiger partial charge in [0.15, 0.2) is 0 Å². The van der Waals surface area contributed by atoms with Crippen LogP contribution in [-0.2, 0) is 0 Å². The number of rotatable bonds is 4. The number of benzene rings is 1. The zero-order valence-electron chi connectivity index (χ0n) is 11.3. The lowest BCUT2D eigenvalue weighted by molar-refractivity contribution is 0.256. The molecule has 20 heavy (non-hydrogen) atoms. The van der Waals surface area contributed by atoms with Crippen molar-refractivity contribution in [2.24, 2.45) is 5.73 Å². The van der Waals surface area contributed by atoms with Crippen LogP contribution in [0.25, 0.3) is 11.3 Å². The molecule has 1 aliphatic heterocycles. The normalized spacial score (nSPS) is 19.6. The fourth-order valence-corrected chi connectivity index (χ4v) is 2.98. The fourth-order valence-electron chi connectivity index (χ4n) is 2.85. The molecular formula is C15H19ClN4. The quantitative estimate of drug-likeness (QED) is 0.910. The van der Waals surface area contributed by atoms with E-state index in [2.05, 4.69) is 14.9 Å². The molecule has 0 radical (unpaired) electrons. The Morgan fingerprint density at radius 2 is 2.15 bits per heavy atom. The summed E-state index contributed by atoms with van der Waals surface area (Å²) in [7, 11) is 0. The minimum atomic E-state index is 0.375. The minimum Gasteiger partial charge on any atom is -0.341 e. The van der Waals surface area contributed by atoms with E-state index in [1.165, 1.54) is 6.42 Å². The molecule has 5 heteroatoms. The van der Waals surface area contributed by atoms with Crippen molar-refractivity contribution in [3.63, 3.8) is 0 Å². The van der Waals surface area contributed by atoms with Crippen molar-refractivity contribution in [3.8, 4) is 11.3 Å². The van der Waals surface area contributed by atoms with Gasteiger partial charge in [-0.1, -0.05) is 23.7 Å². The largest absolute Gasteiger partial charge is 0.341 e. The van der Waals surface area contributed by atoms with E-state index >= 15 is 0 Å². The standard InChI is InChI=1S/C15H19ClN4/c16-12-5-3-11(4-6-12)13-10-18-15(19-13)14-2-1-8-20(14)9-7-17/h3-6,10,14H,1-2,7-9,17H2,(H,18,19). The second kappa shape index (κ2) is 5.95. The van der Waals surface area contributed by atoms with E-state index < -0.39 is 0 Å². The van der Waals surface area contributed by atoms with Gasteiger partial charge in [-0.3, -0.25) is 4.90 Å². The molecule has 0 amide bonds. The number of H-pyrrole nitrogens is 1. The van der Waals surface area contributed by atoms with Gasteiger partial charge in [0, 0.05) is 18.1 Å². The summed E-state index contributed by atoms with van der Waals surface area (Å²) in [6.45, 7) is 2.74. The molecule has 1 saturated heterocycles. The summed E-state index contributed by atoms with van der Waals surface area (Å²) < 4.78 is 0. The van der Waals surface area contributed by atoms with Gasteiger partial charge in [0.1, 0.15) is 5.82 Å². The Labute approximate surface area is 124 Å². The van der Waals surface area contributed by atoms with Crippen LogP contribution < -0.4 is 5.73 Å². The van der Waals surface area contributed by atoms with E-state index in [9.17, 15) is 0 Å². The average molecular weight is 291 g/mol. The van der Waals surface area contributed by atoms with Crippen LogP contribution in [0.5, 0.6) is 0 Å². The number of halogens is 1. The third-order valence-electron chi connectivity index (χ3n) is 3.85. The summed E-state index contributed by atoms with van der Waals surface area (Å²) in [4.78, 5) is 10.4. The van der Waals surface area contributed by atoms with Gasteiger partial charge in [-0.2, -0.15) is 0 Å². The number of aromatic nitrogens is 2. The first-order chi connectivity index (χ1) is 9.78. The van der Waals surface area contributed by atoms with E-state index in [1.807, 2.05) is 30.5 Å². The third-order valence-corrected chi connectivity index (χ3v) is 4.10. The average Bonchev–Trinajstić information content (AvgIpc) is 3.08. The van der Waals surface area contributed by atoms with Gasteiger partial charge in [-0.25, -0.2) is 4.98 Å². The Morgan fingerprint density at radius 3 is 2.90 bits per heavy atom. The molecule has 1 aromatic carbocycles. The first-order valence-corrected chi connectivity index (χ1v) is 7.40. The fraction of sp³-hybridized carbons (Fsp3) is 0.400. The lowest BCUT2D eigenvalue weighted by Gasteiger charge is -2.21. The minimum absolute atomic E-state index is 0.375. The van der Waals surface area contributed by atoms with Gasteiger partial charge in [-0.15, -0.1) is 0 Å². The second-order valence-electron chi connectivity index (χ2n) is 5.17. The first kappa shape index (κ1) is 13.6. The molecule has 1 atom stereocenters. The summed E-state index contributed by atoms with van der Waals surface area (Å²) in [6.07, 6.45) is 4.26. The maximum atomic E-state index is 5.92. The highest BCUT2D eigenvalue weighted by molar-refractivity contribution is 6.30.